The molecule has 1 rings (SSSR count). The average Bonchev–Trinajstić information content (AvgIpc) is 2.42. The third-order valence-corrected chi connectivity index (χ3v) is 3.62. The van der Waals surface area contributed by atoms with Gasteiger partial charge in [0.25, 0.3) is 0 Å². The van der Waals surface area contributed by atoms with Crippen molar-refractivity contribution < 1.29 is 9.53 Å². The standard InChI is InChI=1S/C14H28N2O2/c1-3-16(11-12(2)10-15)14(17)8-7-13-6-4-5-9-18-13/h12-13H,3-11,15H2,1-2H3. The first-order valence-electron chi connectivity index (χ1n) is 7.26. The van der Waals surface area contributed by atoms with Crippen LogP contribution in [0.1, 0.15) is 46.0 Å². The molecule has 0 saturated carbocycles. The third kappa shape index (κ3) is 5.36. The Hall–Kier alpha value is -0.610. The summed E-state index contributed by atoms with van der Waals surface area (Å²) in [6, 6.07) is 0. The van der Waals surface area contributed by atoms with Gasteiger partial charge in [-0.25, -0.2) is 0 Å². The van der Waals surface area contributed by atoms with Gasteiger partial charge in [-0.3, -0.25) is 4.79 Å². The first kappa shape index (κ1) is 15.4. The van der Waals surface area contributed by atoms with Gasteiger partial charge in [-0.15, -0.1) is 0 Å². The zero-order valence-corrected chi connectivity index (χ0v) is 11.9. The fourth-order valence-corrected chi connectivity index (χ4v) is 2.34. The van der Waals surface area contributed by atoms with Gasteiger partial charge < -0.3 is 15.4 Å². The Balaban J connectivity index is 2.27. The summed E-state index contributed by atoms with van der Waals surface area (Å²) in [5.74, 6) is 0.617. The number of carbonyl (C=O) groups excluding carboxylic acids is 1. The summed E-state index contributed by atoms with van der Waals surface area (Å²) in [6.07, 6.45) is 5.29. The molecule has 2 atom stereocenters. The number of amides is 1. The molecule has 0 bridgehead atoms. The smallest absolute Gasteiger partial charge is 0.222 e. The van der Waals surface area contributed by atoms with E-state index in [-0.39, 0.29) is 5.91 Å². The molecule has 0 aromatic carbocycles. The zero-order valence-electron chi connectivity index (χ0n) is 11.9. The van der Waals surface area contributed by atoms with Crippen LogP contribution in [-0.4, -0.2) is 43.2 Å². The lowest BCUT2D eigenvalue weighted by molar-refractivity contribution is -0.132. The SMILES string of the molecule is CCN(CC(C)CN)C(=O)CCC1CCCCO1. The molecule has 106 valence electrons. The molecule has 2 unspecified atom stereocenters. The van der Waals surface area contributed by atoms with Crippen LogP contribution >= 0.6 is 0 Å². The number of hydrogen-bond donors (Lipinski definition) is 1. The number of nitrogens with zero attached hydrogens (tertiary/aromatic N) is 1. The number of nitrogens with two attached hydrogens (primary N) is 1. The second-order valence-corrected chi connectivity index (χ2v) is 5.30. The fourth-order valence-electron chi connectivity index (χ4n) is 2.34. The Morgan fingerprint density at radius 1 is 1.50 bits per heavy atom. The van der Waals surface area contributed by atoms with Gasteiger partial charge in [0.15, 0.2) is 0 Å². The van der Waals surface area contributed by atoms with Crippen LogP contribution < -0.4 is 5.73 Å². The van der Waals surface area contributed by atoms with Gasteiger partial charge >= 0.3 is 0 Å². The van der Waals surface area contributed by atoms with Crippen molar-refractivity contribution in [2.75, 3.05) is 26.2 Å². The number of hydrogen-bond acceptors (Lipinski definition) is 3. The molecule has 1 aliphatic rings. The minimum atomic E-state index is 0.243. The minimum absolute atomic E-state index is 0.243. The van der Waals surface area contributed by atoms with Crippen LogP contribution in [0.2, 0.25) is 0 Å². The van der Waals surface area contributed by atoms with Gasteiger partial charge in [0.1, 0.15) is 0 Å². The van der Waals surface area contributed by atoms with Crippen molar-refractivity contribution in [3.8, 4) is 0 Å². The highest BCUT2D eigenvalue weighted by atomic mass is 16.5. The van der Waals surface area contributed by atoms with E-state index in [0.29, 0.717) is 25.0 Å². The molecule has 1 aliphatic heterocycles. The molecule has 0 radical (unpaired) electrons. The number of carbonyl (C=O) groups is 1. The molecule has 0 aliphatic carbocycles. The molecule has 1 amide bonds. The highest BCUT2D eigenvalue weighted by Crippen LogP contribution is 2.17. The lowest BCUT2D eigenvalue weighted by atomic mass is 10.0. The van der Waals surface area contributed by atoms with E-state index in [9.17, 15) is 4.79 Å². The quantitative estimate of drug-likeness (QED) is 0.755. The monoisotopic (exact) mass is 256 g/mol. The van der Waals surface area contributed by atoms with Gasteiger partial charge in [-0.1, -0.05) is 6.92 Å². The molecule has 18 heavy (non-hydrogen) atoms. The molecular weight excluding hydrogens is 228 g/mol. The van der Waals surface area contributed by atoms with E-state index in [1.807, 2.05) is 11.8 Å². The third-order valence-electron chi connectivity index (χ3n) is 3.62. The summed E-state index contributed by atoms with van der Waals surface area (Å²) >= 11 is 0. The van der Waals surface area contributed by atoms with Crippen molar-refractivity contribution in [1.82, 2.24) is 4.90 Å². The highest BCUT2D eigenvalue weighted by molar-refractivity contribution is 5.76. The van der Waals surface area contributed by atoms with Gasteiger partial charge in [0.2, 0.25) is 5.91 Å². The van der Waals surface area contributed by atoms with Crippen molar-refractivity contribution in [2.24, 2.45) is 11.7 Å². The van der Waals surface area contributed by atoms with Crippen LogP contribution in [-0.2, 0) is 9.53 Å². The maximum Gasteiger partial charge on any atom is 0.222 e. The normalized spacial score (nSPS) is 21.6. The first-order chi connectivity index (χ1) is 8.67. The Kier molecular flexibility index (Phi) is 7.28. The summed E-state index contributed by atoms with van der Waals surface area (Å²) in [7, 11) is 0. The second-order valence-electron chi connectivity index (χ2n) is 5.30. The molecule has 1 heterocycles. The Labute approximate surface area is 111 Å². The second kappa shape index (κ2) is 8.48. The molecule has 1 saturated heterocycles. The molecule has 2 N–H and O–H groups in total. The summed E-state index contributed by atoms with van der Waals surface area (Å²) < 4.78 is 5.65. The zero-order chi connectivity index (χ0) is 13.4. The van der Waals surface area contributed by atoms with Crippen LogP contribution in [0.15, 0.2) is 0 Å². The lowest BCUT2D eigenvalue weighted by Crippen LogP contribution is -2.37. The van der Waals surface area contributed by atoms with Gasteiger partial charge in [-0.05, 0) is 45.1 Å². The average molecular weight is 256 g/mol. The van der Waals surface area contributed by atoms with E-state index in [2.05, 4.69) is 6.92 Å². The van der Waals surface area contributed by atoms with Crippen LogP contribution in [0.4, 0.5) is 0 Å². The summed E-state index contributed by atoms with van der Waals surface area (Å²) in [4.78, 5) is 14.0. The molecule has 0 aromatic rings. The lowest BCUT2D eigenvalue weighted by Gasteiger charge is -2.26. The van der Waals surface area contributed by atoms with Crippen molar-refractivity contribution in [1.29, 1.82) is 0 Å². The first-order valence-corrected chi connectivity index (χ1v) is 7.26. The molecule has 1 fully saturated rings. The molecular formula is C14H28N2O2. The predicted molar refractivity (Wildman–Crippen MR) is 73.3 cm³/mol. The Bertz CT molecular complexity index is 240. The Morgan fingerprint density at radius 2 is 2.28 bits per heavy atom. The van der Waals surface area contributed by atoms with Crippen LogP contribution in [0.3, 0.4) is 0 Å². The van der Waals surface area contributed by atoms with Crippen LogP contribution in [0.25, 0.3) is 0 Å². The van der Waals surface area contributed by atoms with E-state index in [1.165, 1.54) is 12.8 Å². The van der Waals surface area contributed by atoms with E-state index in [0.717, 1.165) is 32.5 Å². The predicted octanol–water partition coefficient (Wildman–Crippen LogP) is 1.78. The summed E-state index contributed by atoms with van der Waals surface area (Å²) in [5, 5.41) is 0. The van der Waals surface area contributed by atoms with Gasteiger partial charge in [0.05, 0.1) is 6.10 Å². The largest absolute Gasteiger partial charge is 0.378 e. The van der Waals surface area contributed by atoms with Crippen molar-refractivity contribution in [3.63, 3.8) is 0 Å². The molecule has 0 aromatic heterocycles. The topological polar surface area (TPSA) is 55.6 Å². The van der Waals surface area contributed by atoms with Crippen molar-refractivity contribution in [2.45, 2.75) is 52.1 Å². The van der Waals surface area contributed by atoms with E-state index < -0.39 is 0 Å². The molecule has 4 nitrogen and oxygen atoms in total. The fraction of sp³-hybridized carbons (Fsp3) is 0.929. The van der Waals surface area contributed by atoms with Gasteiger partial charge in [-0.2, -0.15) is 0 Å². The van der Waals surface area contributed by atoms with E-state index in [1.54, 1.807) is 0 Å². The van der Waals surface area contributed by atoms with Crippen molar-refractivity contribution in [3.05, 3.63) is 0 Å². The summed E-state index contributed by atoms with van der Waals surface area (Å²) in [5.41, 5.74) is 5.61. The maximum atomic E-state index is 12.1. The van der Waals surface area contributed by atoms with E-state index >= 15 is 0 Å². The Morgan fingerprint density at radius 3 is 2.83 bits per heavy atom. The molecule has 0 spiro atoms. The van der Waals surface area contributed by atoms with Gasteiger partial charge in [0, 0.05) is 26.1 Å². The highest BCUT2D eigenvalue weighted by Gasteiger charge is 2.18. The van der Waals surface area contributed by atoms with E-state index in [4.69, 9.17) is 10.5 Å². The molecule has 4 heteroatoms. The maximum absolute atomic E-state index is 12.1. The van der Waals surface area contributed by atoms with Crippen LogP contribution in [0, 0.1) is 5.92 Å². The minimum Gasteiger partial charge on any atom is -0.378 e. The summed E-state index contributed by atoms with van der Waals surface area (Å²) in [6.45, 7) is 7.15. The van der Waals surface area contributed by atoms with Crippen LogP contribution in [0.5, 0.6) is 0 Å². The number of rotatable bonds is 7. The van der Waals surface area contributed by atoms with Crippen molar-refractivity contribution >= 4 is 5.91 Å². The number of ether oxygens (including phenoxy) is 1.